The molecule has 154 valence electrons. The van der Waals surface area contributed by atoms with E-state index in [1.54, 1.807) is 18.5 Å². The van der Waals surface area contributed by atoms with Crippen LogP contribution in [-0.4, -0.2) is 38.7 Å². The van der Waals surface area contributed by atoms with Gasteiger partial charge in [-0.15, -0.1) is 10.2 Å². The molecule has 30 heavy (non-hydrogen) atoms. The summed E-state index contributed by atoms with van der Waals surface area (Å²) in [6.07, 6.45) is 4.77. The molecule has 1 atom stereocenters. The van der Waals surface area contributed by atoms with Crippen LogP contribution in [-0.2, 0) is 11.3 Å². The maximum absolute atomic E-state index is 14.0. The maximum atomic E-state index is 14.0. The van der Waals surface area contributed by atoms with Crippen LogP contribution >= 0.6 is 0 Å². The summed E-state index contributed by atoms with van der Waals surface area (Å²) in [6, 6.07) is 10.9. The van der Waals surface area contributed by atoms with Gasteiger partial charge >= 0.3 is 0 Å². The summed E-state index contributed by atoms with van der Waals surface area (Å²) in [5.41, 5.74) is 1.91. The van der Waals surface area contributed by atoms with Gasteiger partial charge in [-0.05, 0) is 42.9 Å². The number of hydrogen-bond donors (Lipinski definition) is 0. The monoisotopic (exact) mass is 408 g/mol. The van der Waals surface area contributed by atoms with E-state index in [0.717, 1.165) is 56.4 Å². The average molecular weight is 408 g/mol. The van der Waals surface area contributed by atoms with E-state index in [0.29, 0.717) is 23.0 Å². The lowest BCUT2D eigenvalue weighted by molar-refractivity contribution is -0.131. The van der Waals surface area contributed by atoms with Crippen molar-refractivity contribution in [1.82, 2.24) is 19.7 Å². The van der Waals surface area contributed by atoms with Crippen LogP contribution in [0, 0.1) is 23.5 Å². The van der Waals surface area contributed by atoms with E-state index >= 15 is 0 Å². The Balaban J connectivity index is 1.30. The Labute approximate surface area is 173 Å². The summed E-state index contributed by atoms with van der Waals surface area (Å²) < 4.78 is 29.2. The fraction of sp³-hybridized carbons (Fsp3) is 0.348. The van der Waals surface area contributed by atoms with Gasteiger partial charge in [-0.3, -0.25) is 4.79 Å². The molecule has 0 radical (unpaired) electrons. The zero-order valence-corrected chi connectivity index (χ0v) is 16.5. The van der Waals surface area contributed by atoms with Gasteiger partial charge in [0.25, 0.3) is 0 Å². The third-order valence-electron chi connectivity index (χ3n) is 5.98. The average Bonchev–Trinajstić information content (AvgIpc) is 3.32. The molecule has 2 aromatic carbocycles. The Bertz CT molecular complexity index is 1080. The summed E-state index contributed by atoms with van der Waals surface area (Å²) in [5.74, 6) is 0.523. The van der Waals surface area contributed by atoms with Crippen molar-refractivity contribution in [2.24, 2.45) is 11.8 Å². The smallest absolute Gasteiger partial charge is 0.225 e. The molecular formula is C23H22F2N4O. The summed E-state index contributed by atoms with van der Waals surface area (Å²) in [4.78, 5) is 14.3. The number of amides is 1. The van der Waals surface area contributed by atoms with E-state index in [9.17, 15) is 13.6 Å². The van der Waals surface area contributed by atoms with Crippen LogP contribution in [0.3, 0.4) is 0 Å². The van der Waals surface area contributed by atoms with Crippen molar-refractivity contribution in [2.45, 2.75) is 25.8 Å². The van der Waals surface area contributed by atoms with Crippen LogP contribution in [0.2, 0.25) is 0 Å². The zero-order valence-electron chi connectivity index (χ0n) is 16.5. The first-order chi connectivity index (χ1) is 14.6. The molecule has 3 aromatic rings. The van der Waals surface area contributed by atoms with E-state index < -0.39 is 11.6 Å². The summed E-state index contributed by atoms with van der Waals surface area (Å²) in [6.45, 7) is 2.37. The van der Waals surface area contributed by atoms with Gasteiger partial charge in [0.2, 0.25) is 5.91 Å². The highest BCUT2D eigenvalue weighted by Crippen LogP contribution is 2.33. The Hall–Kier alpha value is -3.09. The number of carbonyl (C=O) groups is 1. The highest BCUT2D eigenvalue weighted by atomic mass is 19.1. The van der Waals surface area contributed by atoms with Gasteiger partial charge in [0, 0.05) is 42.7 Å². The molecule has 1 saturated heterocycles. The second-order valence-corrected chi connectivity index (χ2v) is 8.22. The largest absolute Gasteiger partial charge is 0.342 e. The highest BCUT2D eigenvalue weighted by molar-refractivity contribution is 5.81. The van der Waals surface area contributed by atoms with Crippen LogP contribution in [0.1, 0.15) is 19.3 Å². The highest BCUT2D eigenvalue weighted by Gasteiger charge is 2.36. The van der Waals surface area contributed by atoms with E-state index in [-0.39, 0.29) is 5.92 Å². The van der Waals surface area contributed by atoms with Gasteiger partial charge in [0.15, 0.2) is 5.82 Å². The van der Waals surface area contributed by atoms with Gasteiger partial charge in [-0.25, -0.2) is 8.78 Å². The Morgan fingerprint density at radius 1 is 1.03 bits per heavy atom. The topological polar surface area (TPSA) is 51.0 Å². The fourth-order valence-corrected chi connectivity index (χ4v) is 4.18. The molecule has 7 heteroatoms. The van der Waals surface area contributed by atoms with Gasteiger partial charge in [-0.1, -0.05) is 24.3 Å². The Morgan fingerprint density at radius 2 is 1.80 bits per heavy atom. The summed E-state index contributed by atoms with van der Waals surface area (Å²) >= 11 is 0. The minimum Gasteiger partial charge on any atom is -0.342 e. The SMILES string of the molecule is O=C(C1CC1)N1CCC(Cn2cnnc2-c2ccc(-c3ccc(F)cc3F)cc2)C1. The minimum absolute atomic E-state index is 0.263. The second-order valence-electron chi connectivity index (χ2n) is 8.22. The Morgan fingerprint density at radius 3 is 2.53 bits per heavy atom. The van der Waals surface area contributed by atoms with Crippen LogP contribution in [0.25, 0.3) is 22.5 Å². The van der Waals surface area contributed by atoms with Crippen molar-refractivity contribution in [3.05, 3.63) is 60.4 Å². The molecule has 0 N–H and O–H groups in total. The molecule has 1 aliphatic heterocycles. The number of halogens is 2. The first kappa shape index (κ1) is 18.9. The van der Waals surface area contributed by atoms with Crippen molar-refractivity contribution in [2.75, 3.05) is 13.1 Å². The quantitative estimate of drug-likeness (QED) is 0.637. The van der Waals surface area contributed by atoms with E-state index in [1.165, 1.54) is 12.1 Å². The molecular weight excluding hydrogens is 386 g/mol. The van der Waals surface area contributed by atoms with Crippen LogP contribution < -0.4 is 0 Å². The predicted molar refractivity (Wildman–Crippen MR) is 108 cm³/mol. The van der Waals surface area contributed by atoms with Gasteiger partial charge in [0.1, 0.15) is 18.0 Å². The summed E-state index contributed by atoms with van der Waals surface area (Å²) in [5, 5.41) is 8.33. The summed E-state index contributed by atoms with van der Waals surface area (Å²) in [7, 11) is 0. The van der Waals surface area contributed by atoms with E-state index in [1.807, 2.05) is 21.6 Å². The first-order valence-corrected chi connectivity index (χ1v) is 10.3. The normalized spacial score (nSPS) is 18.7. The van der Waals surface area contributed by atoms with Crippen molar-refractivity contribution < 1.29 is 13.6 Å². The minimum atomic E-state index is -0.592. The number of benzene rings is 2. The van der Waals surface area contributed by atoms with Gasteiger partial charge < -0.3 is 9.47 Å². The van der Waals surface area contributed by atoms with Crippen molar-refractivity contribution in [1.29, 1.82) is 0 Å². The van der Waals surface area contributed by atoms with Crippen LogP contribution in [0.4, 0.5) is 8.78 Å². The Kier molecular flexibility index (Phi) is 4.81. The molecule has 1 aliphatic carbocycles. The fourth-order valence-electron chi connectivity index (χ4n) is 4.18. The second kappa shape index (κ2) is 7.63. The standard InChI is InChI=1S/C23H22F2N4O/c24-19-7-8-20(21(25)11-19)16-1-3-17(4-2-16)22-27-26-14-29(22)13-15-9-10-28(12-15)23(30)18-5-6-18/h1-4,7-8,11,14-15,18H,5-6,9-10,12-13H2. The zero-order chi connectivity index (χ0) is 20.7. The van der Waals surface area contributed by atoms with Gasteiger partial charge in [-0.2, -0.15) is 0 Å². The molecule has 1 saturated carbocycles. The molecule has 2 fully saturated rings. The molecule has 0 bridgehead atoms. The number of hydrogen-bond acceptors (Lipinski definition) is 3. The lowest BCUT2D eigenvalue weighted by Crippen LogP contribution is -2.30. The maximum Gasteiger partial charge on any atom is 0.225 e. The van der Waals surface area contributed by atoms with Crippen molar-refractivity contribution in [3.63, 3.8) is 0 Å². The molecule has 1 aromatic heterocycles. The van der Waals surface area contributed by atoms with Crippen molar-refractivity contribution in [3.8, 4) is 22.5 Å². The van der Waals surface area contributed by atoms with Crippen LogP contribution in [0.5, 0.6) is 0 Å². The predicted octanol–water partition coefficient (Wildman–Crippen LogP) is 4.15. The number of nitrogens with zero attached hydrogens (tertiary/aromatic N) is 4. The molecule has 1 unspecified atom stereocenters. The third-order valence-corrected chi connectivity index (χ3v) is 5.98. The number of likely N-dealkylation sites (tertiary alicyclic amines) is 1. The molecule has 1 amide bonds. The molecule has 5 nitrogen and oxygen atoms in total. The number of carbonyl (C=O) groups excluding carboxylic acids is 1. The number of aromatic nitrogens is 3. The first-order valence-electron chi connectivity index (χ1n) is 10.3. The number of rotatable bonds is 5. The van der Waals surface area contributed by atoms with Crippen molar-refractivity contribution >= 4 is 5.91 Å². The molecule has 0 spiro atoms. The lowest BCUT2D eigenvalue weighted by atomic mass is 10.0. The van der Waals surface area contributed by atoms with Crippen LogP contribution in [0.15, 0.2) is 48.8 Å². The van der Waals surface area contributed by atoms with E-state index in [2.05, 4.69) is 10.2 Å². The van der Waals surface area contributed by atoms with Gasteiger partial charge in [0.05, 0.1) is 0 Å². The molecule has 2 heterocycles. The molecule has 5 rings (SSSR count). The molecule has 2 aliphatic rings. The third kappa shape index (κ3) is 3.72. The lowest BCUT2D eigenvalue weighted by Gasteiger charge is -2.17. The van der Waals surface area contributed by atoms with E-state index in [4.69, 9.17) is 0 Å².